The molecule has 15 heavy (non-hydrogen) atoms. The normalized spacial score (nSPS) is 12.3. The summed E-state index contributed by atoms with van der Waals surface area (Å²) in [5.41, 5.74) is 2.94. The second-order valence-electron chi connectivity index (χ2n) is 3.22. The number of nitrogens with two attached hydrogens (primary N) is 1. The van der Waals surface area contributed by atoms with Crippen LogP contribution in [0, 0.1) is 0 Å². The topological polar surface area (TPSA) is 68.0 Å². The van der Waals surface area contributed by atoms with E-state index in [4.69, 9.17) is 29.0 Å². The lowest BCUT2D eigenvalue weighted by molar-refractivity contribution is -0.121. The minimum absolute atomic E-state index is 0.00782. The van der Waals surface area contributed by atoms with Gasteiger partial charge in [-0.05, 0) is 23.6 Å². The van der Waals surface area contributed by atoms with Crippen LogP contribution >= 0.6 is 23.2 Å². The van der Waals surface area contributed by atoms with Gasteiger partial charge in [0.25, 0.3) is 0 Å². The van der Waals surface area contributed by atoms with Crippen LogP contribution in [0.3, 0.4) is 0 Å². The van der Waals surface area contributed by atoms with Gasteiger partial charge in [-0.3, -0.25) is 10.2 Å². The van der Waals surface area contributed by atoms with Gasteiger partial charge in [-0.15, -0.1) is 0 Å². The third kappa shape index (κ3) is 3.66. The molecule has 1 heterocycles. The van der Waals surface area contributed by atoms with Crippen molar-refractivity contribution in [3.8, 4) is 0 Å². The molecule has 1 atom stereocenters. The van der Waals surface area contributed by atoms with Crippen LogP contribution in [0.15, 0.2) is 12.1 Å². The van der Waals surface area contributed by atoms with Gasteiger partial charge in [0.2, 0.25) is 5.91 Å². The van der Waals surface area contributed by atoms with E-state index in [2.05, 4.69) is 10.4 Å². The summed E-state index contributed by atoms with van der Waals surface area (Å²) in [6, 6.07) is 3.36. The van der Waals surface area contributed by atoms with Crippen LogP contribution in [0.25, 0.3) is 0 Å². The Hall–Kier alpha value is -0.840. The van der Waals surface area contributed by atoms with Crippen molar-refractivity contribution in [3.05, 3.63) is 28.0 Å². The smallest absolute Gasteiger partial charge is 0.234 e. The van der Waals surface area contributed by atoms with Gasteiger partial charge in [0.1, 0.15) is 10.3 Å². The van der Waals surface area contributed by atoms with Crippen molar-refractivity contribution >= 4 is 29.1 Å². The average Bonchev–Trinajstić information content (AvgIpc) is 2.16. The van der Waals surface area contributed by atoms with E-state index in [0.29, 0.717) is 10.3 Å². The number of pyridine rings is 1. The number of carbonyl (C=O) groups excluding carboxylic acids is 1. The molecule has 0 saturated carbocycles. The minimum Gasteiger partial charge on any atom is -0.294 e. The Bertz CT molecular complexity index is 350. The lowest BCUT2D eigenvalue weighted by atomic mass is 9.99. The molecule has 0 aromatic carbocycles. The van der Waals surface area contributed by atoms with Gasteiger partial charge in [0, 0.05) is 6.42 Å². The molecular weight excluding hydrogens is 237 g/mol. The van der Waals surface area contributed by atoms with Gasteiger partial charge in [0.05, 0.1) is 0 Å². The van der Waals surface area contributed by atoms with Crippen molar-refractivity contribution in [2.75, 3.05) is 0 Å². The van der Waals surface area contributed by atoms with Crippen molar-refractivity contribution < 1.29 is 4.79 Å². The lowest BCUT2D eigenvalue weighted by Gasteiger charge is -2.11. The summed E-state index contributed by atoms with van der Waals surface area (Å²) in [6.45, 7) is 1.89. The Balaban J connectivity index is 2.81. The largest absolute Gasteiger partial charge is 0.294 e. The molecule has 82 valence electrons. The number of rotatable bonds is 3. The second kappa shape index (κ2) is 5.30. The summed E-state index contributed by atoms with van der Waals surface area (Å²) in [4.78, 5) is 14.9. The third-order valence-electron chi connectivity index (χ3n) is 2.01. The summed E-state index contributed by atoms with van der Waals surface area (Å²) in [5.74, 6) is 4.76. The second-order valence-corrected chi connectivity index (χ2v) is 3.99. The maximum atomic E-state index is 11.0. The van der Waals surface area contributed by atoms with Crippen LogP contribution in [-0.2, 0) is 4.79 Å². The number of hydrogen-bond donors (Lipinski definition) is 2. The van der Waals surface area contributed by atoms with E-state index < -0.39 is 0 Å². The molecule has 0 aliphatic rings. The zero-order valence-electron chi connectivity index (χ0n) is 8.13. The highest BCUT2D eigenvalue weighted by Crippen LogP contribution is 2.23. The molecule has 0 bridgehead atoms. The Morgan fingerprint density at radius 1 is 1.53 bits per heavy atom. The van der Waals surface area contributed by atoms with Gasteiger partial charge in [-0.25, -0.2) is 10.8 Å². The fraction of sp³-hybridized carbons (Fsp3) is 0.333. The molecule has 1 aromatic rings. The van der Waals surface area contributed by atoms with Crippen LogP contribution < -0.4 is 11.3 Å². The van der Waals surface area contributed by atoms with E-state index in [1.165, 1.54) is 0 Å². The lowest BCUT2D eigenvalue weighted by Crippen LogP contribution is -2.30. The van der Waals surface area contributed by atoms with E-state index in [9.17, 15) is 4.79 Å². The van der Waals surface area contributed by atoms with Crippen molar-refractivity contribution in [1.82, 2.24) is 10.4 Å². The van der Waals surface area contributed by atoms with Crippen molar-refractivity contribution in [2.45, 2.75) is 19.3 Å². The molecule has 0 fully saturated rings. The number of halogens is 2. The van der Waals surface area contributed by atoms with E-state index >= 15 is 0 Å². The van der Waals surface area contributed by atoms with Gasteiger partial charge in [-0.2, -0.15) is 0 Å². The number of amides is 1. The number of nitrogens with zero attached hydrogens (tertiary/aromatic N) is 1. The number of hydrazine groups is 1. The molecule has 0 saturated heterocycles. The van der Waals surface area contributed by atoms with E-state index in [1.807, 2.05) is 6.92 Å². The van der Waals surface area contributed by atoms with Crippen molar-refractivity contribution in [3.63, 3.8) is 0 Å². The molecule has 3 N–H and O–H groups in total. The third-order valence-corrected chi connectivity index (χ3v) is 2.39. The minimum atomic E-state index is -0.230. The van der Waals surface area contributed by atoms with Gasteiger partial charge in [-0.1, -0.05) is 30.1 Å². The van der Waals surface area contributed by atoms with E-state index in [1.54, 1.807) is 12.1 Å². The predicted octanol–water partition coefficient (Wildman–Crippen LogP) is 1.87. The average molecular weight is 248 g/mol. The maximum Gasteiger partial charge on any atom is 0.234 e. The Kier molecular flexibility index (Phi) is 4.32. The summed E-state index contributed by atoms with van der Waals surface area (Å²) < 4.78 is 0. The van der Waals surface area contributed by atoms with Crippen LogP contribution in [-0.4, -0.2) is 10.9 Å². The number of nitrogens with one attached hydrogen (secondary N) is 1. The van der Waals surface area contributed by atoms with Crippen molar-refractivity contribution in [1.29, 1.82) is 0 Å². The first kappa shape index (κ1) is 12.2. The summed E-state index contributed by atoms with van der Waals surface area (Å²) >= 11 is 11.5. The van der Waals surface area contributed by atoms with Crippen LogP contribution in [0.2, 0.25) is 10.3 Å². The Morgan fingerprint density at radius 3 is 2.53 bits per heavy atom. The molecule has 0 aliphatic carbocycles. The van der Waals surface area contributed by atoms with Crippen LogP contribution in [0.4, 0.5) is 0 Å². The standard InChI is InChI=1S/C9H11Cl2N3O/c1-5(2-9(15)14-12)6-3-7(10)13-8(11)4-6/h3-5H,2,12H2,1H3,(H,14,15)/t5-/m0/s1. The Morgan fingerprint density at radius 2 is 2.07 bits per heavy atom. The van der Waals surface area contributed by atoms with Gasteiger partial charge >= 0.3 is 0 Å². The molecule has 4 nitrogen and oxygen atoms in total. The van der Waals surface area contributed by atoms with Crippen LogP contribution in [0.5, 0.6) is 0 Å². The van der Waals surface area contributed by atoms with Gasteiger partial charge < -0.3 is 0 Å². The fourth-order valence-electron chi connectivity index (χ4n) is 1.22. The highest BCUT2D eigenvalue weighted by atomic mass is 35.5. The molecular formula is C9H11Cl2N3O. The predicted molar refractivity (Wildman–Crippen MR) is 59.6 cm³/mol. The summed E-state index contributed by atoms with van der Waals surface area (Å²) in [6.07, 6.45) is 0.285. The molecule has 1 aromatic heterocycles. The maximum absolute atomic E-state index is 11.0. The molecule has 0 unspecified atom stereocenters. The SMILES string of the molecule is C[C@@H](CC(=O)NN)c1cc(Cl)nc(Cl)c1. The zero-order chi connectivity index (χ0) is 11.4. The molecule has 1 amide bonds. The highest BCUT2D eigenvalue weighted by Gasteiger charge is 2.12. The number of hydrogen-bond acceptors (Lipinski definition) is 3. The first-order valence-corrected chi connectivity index (χ1v) is 5.11. The van der Waals surface area contributed by atoms with Crippen LogP contribution in [0.1, 0.15) is 24.8 Å². The molecule has 0 spiro atoms. The van der Waals surface area contributed by atoms with E-state index in [-0.39, 0.29) is 18.2 Å². The molecule has 1 rings (SSSR count). The molecule has 0 radical (unpaired) electrons. The van der Waals surface area contributed by atoms with E-state index in [0.717, 1.165) is 5.56 Å². The number of carbonyl (C=O) groups is 1. The highest BCUT2D eigenvalue weighted by molar-refractivity contribution is 6.32. The Labute approximate surface area is 97.7 Å². The first-order chi connectivity index (χ1) is 7.02. The monoisotopic (exact) mass is 247 g/mol. The van der Waals surface area contributed by atoms with Crippen molar-refractivity contribution in [2.24, 2.45) is 5.84 Å². The molecule has 6 heteroatoms. The fourth-order valence-corrected chi connectivity index (χ4v) is 1.70. The molecule has 0 aliphatic heterocycles. The summed E-state index contributed by atoms with van der Waals surface area (Å²) in [7, 11) is 0. The first-order valence-electron chi connectivity index (χ1n) is 4.35. The number of aromatic nitrogens is 1. The quantitative estimate of drug-likeness (QED) is 0.371. The summed E-state index contributed by atoms with van der Waals surface area (Å²) in [5, 5.41) is 0.634. The zero-order valence-corrected chi connectivity index (χ0v) is 9.64. The van der Waals surface area contributed by atoms with Gasteiger partial charge in [0.15, 0.2) is 0 Å².